The predicted molar refractivity (Wildman–Crippen MR) is 107 cm³/mol. The van der Waals surface area contributed by atoms with Crippen LogP contribution in [0.4, 0.5) is 4.39 Å². The minimum atomic E-state index is -0.686. The number of ether oxygens (including phenoxy) is 1. The standard InChI is InChI=1S/C22H27FN2O3/c1-15(2)18-7-11-20(12-8-18)28-14-21(26)25(16(3)22(27)24-4)13-17-5-9-19(23)10-6-17/h5-12,15-16H,13-14H2,1-4H3,(H,24,27)/t16-/m0/s1. The molecule has 2 aromatic rings. The molecule has 1 atom stereocenters. The maximum atomic E-state index is 13.1. The minimum Gasteiger partial charge on any atom is -0.484 e. The van der Waals surface area contributed by atoms with E-state index in [4.69, 9.17) is 4.74 Å². The zero-order valence-corrected chi connectivity index (χ0v) is 16.7. The van der Waals surface area contributed by atoms with Crippen LogP contribution in [0.1, 0.15) is 37.8 Å². The quantitative estimate of drug-likeness (QED) is 0.756. The van der Waals surface area contributed by atoms with Crippen LogP contribution in [0.25, 0.3) is 0 Å². The third-order valence-corrected chi connectivity index (χ3v) is 4.59. The van der Waals surface area contributed by atoms with Crippen LogP contribution in [0.5, 0.6) is 5.75 Å². The topological polar surface area (TPSA) is 58.6 Å². The lowest BCUT2D eigenvalue weighted by atomic mass is 10.0. The first-order valence-electron chi connectivity index (χ1n) is 9.30. The molecule has 1 N–H and O–H groups in total. The largest absolute Gasteiger partial charge is 0.484 e. The van der Waals surface area contributed by atoms with Crippen molar-refractivity contribution in [3.8, 4) is 5.75 Å². The van der Waals surface area contributed by atoms with E-state index in [9.17, 15) is 14.0 Å². The molecule has 0 saturated heterocycles. The van der Waals surface area contributed by atoms with Gasteiger partial charge in [0.15, 0.2) is 6.61 Å². The van der Waals surface area contributed by atoms with Gasteiger partial charge < -0.3 is 15.0 Å². The predicted octanol–water partition coefficient (Wildman–Crippen LogP) is 3.49. The van der Waals surface area contributed by atoms with Gasteiger partial charge in [0.05, 0.1) is 0 Å². The number of benzene rings is 2. The molecule has 0 aliphatic heterocycles. The third-order valence-electron chi connectivity index (χ3n) is 4.59. The molecule has 150 valence electrons. The van der Waals surface area contributed by atoms with Gasteiger partial charge >= 0.3 is 0 Å². The van der Waals surface area contributed by atoms with Gasteiger partial charge in [-0.25, -0.2) is 4.39 Å². The summed E-state index contributed by atoms with van der Waals surface area (Å²) < 4.78 is 18.8. The zero-order valence-electron chi connectivity index (χ0n) is 16.7. The molecule has 0 spiro atoms. The van der Waals surface area contributed by atoms with Crippen molar-refractivity contribution in [3.05, 3.63) is 65.5 Å². The first-order valence-corrected chi connectivity index (χ1v) is 9.30. The van der Waals surface area contributed by atoms with E-state index < -0.39 is 6.04 Å². The van der Waals surface area contributed by atoms with Crippen molar-refractivity contribution >= 4 is 11.8 Å². The lowest BCUT2D eigenvalue weighted by Gasteiger charge is -2.28. The van der Waals surface area contributed by atoms with Crippen LogP contribution in [-0.2, 0) is 16.1 Å². The van der Waals surface area contributed by atoms with Crippen LogP contribution >= 0.6 is 0 Å². The van der Waals surface area contributed by atoms with Crippen molar-refractivity contribution in [1.82, 2.24) is 10.2 Å². The monoisotopic (exact) mass is 386 g/mol. The number of hydrogen-bond donors (Lipinski definition) is 1. The number of halogens is 1. The molecule has 0 aromatic heterocycles. The van der Waals surface area contributed by atoms with E-state index in [1.165, 1.54) is 29.6 Å². The molecular weight excluding hydrogens is 359 g/mol. The van der Waals surface area contributed by atoms with Crippen LogP contribution in [0, 0.1) is 5.82 Å². The highest BCUT2D eigenvalue weighted by atomic mass is 19.1. The number of carbonyl (C=O) groups excluding carboxylic acids is 2. The third kappa shape index (κ3) is 5.81. The van der Waals surface area contributed by atoms with Gasteiger partial charge in [-0.15, -0.1) is 0 Å². The molecule has 2 aromatic carbocycles. The molecular formula is C22H27FN2O3. The Morgan fingerprint density at radius 3 is 2.18 bits per heavy atom. The van der Waals surface area contributed by atoms with Crippen LogP contribution in [-0.4, -0.2) is 36.4 Å². The molecule has 0 heterocycles. The second kappa shape index (κ2) is 9.88. The van der Waals surface area contributed by atoms with Crippen molar-refractivity contribution in [3.63, 3.8) is 0 Å². The lowest BCUT2D eigenvalue weighted by molar-refractivity contribution is -0.142. The van der Waals surface area contributed by atoms with Crippen LogP contribution in [0.3, 0.4) is 0 Å². The van der Waals surface area contributed by atoms with Crippen molar-refractivity contribution in [2.45, 2.75) is 39.3 Å². The van der Waals surface area contributed by atoms with Crippen molar-refractivity contribution in [2.75, 3.05) is 13.7 Å². The first kappa shape index (κ1) is 21.4. The van der Waals surface area contributed by atoms with Crippen molar-refractivity contribution in [1.29, 1.82) is 0 Å². The zero-order chi connectivity index (χ0) is 20.7. The highest BCUT2D eigenvalue weighted by molar-refractivity contribution is 5.87. The van der Waals surface area contributed by atoms with Gasteiger partial charge in [0, 0.05) is 13.6 Å². The van der Waals surface area contributed by atoms with Gasteiger partial charge in [-0.05, 0) is 48.2 Å². The molecule has 0 radical (unpaired) electrons. The van der Waals surface area contributed by atoms with Crippen LogP contribution < -0.4 is 10.1 Å². The van der Waals surface area contributed by atoms with E-state index in [1.807, 2.05) is 24.3 Å². The number of nitrogens with one attached hydrogen (secondary N) is 1. The van der Waals surface area contributed by atoms with Gasteiger partial charge in [-0.3, -0.25) is 9.59 Å². The average molecular weight is 386 g/mol. The van der Waals surface area contributed by atoms with E-state index >= 15 is 0 Å². The second-order valence-corrected chi connectivity index (χ2v) is 6.95. The summed E-state index contributed by atoms with van der Waals surface area (Å²) in [4.78, 5) is 26.3. The van der Waals surface area contributed by atoms with E-state index in [2.05, 4.69) is 19.2 Å². The van der Waals surface area contributed by atoms with E-state index in [1.54, 1.807) is 19.1 Å². The summed E-state index contributed by atoms with van der Waals surface area (Å²) in [5.41, 5.74) is 1.91. The lowest BCUT2D eigenvalue weighted by Crippen LogP contribution is -2.48. The molecule has 6 heteroatoms. The van der Waals surface area contributed by atoms with Gasteiger partial charge in [0.1, 0.15) is 17.6 Å². The first-order chi connectivity index (χ1) is 13.3. The molecule has 0 fully saturated rings. The fourth-order valence-corrected chi connectivity index (χ4v) is 2.75. The summed E-state index contributed by atoms with van der Waals surface area (Å²) in [6, 6.07) is 12.8. The molecule has 0 bridgehead atoms. The summed E-state index contributed by atoms with van der Waals surface area (Å²) in [5.74, 6) is 0.0432. The average Bonchev–Trinajstić information content (AvgIpc) is 2.70. The Morgan fingerprint density at radius 2 is 1.64 bits per heavy atom. The van der Waals surface area contributed by atoms with Crippen LogP contribution in [0.15, 0.2) is 48.5 Å². The SMILES string of the molecule is CNC(=O)[C@H](C)N(Cc1ccc(F)cc1)C(=O)COc1ccc(C(C)C)cc1. The van der Waals surface area contributed by atoms with E-state index in [0.717, 1.165) is 5.56 Å². The van der Waals surface area contributed by atoms with Gasteiger partial charge in [0.2, 0.25) is 5.91 Å². The van der Waals surface area contributed by atoms with Gasteiger partial charge in [0.25, 0.3) is 5.91 Å². The number of rotatable bonds is 8. The second-order valence-electron chi connectivity index (χ2n) is 6.95. The number of hydrogen-bond acceptors (Lipinski definition) is 3. The Bertz CT molecular complexity index is 788. The number of amides is 2. The molecule has 2 rings (SSSR count). The molecule has 2 amide bonds. The Balaban J connectivity index is 2.09. The summed E-state index contributed by atoms with van der Waals surface area (Å²) in [5, 5.41) is 2.55. The normalized spacial score (nSPS) is 11.8. The minimum absolute atomic E-state index is 0.184. The summed E-state index contributed by atoms with van der Waals surface area (Å²) in [6.45, 7) is 5.85. The Labute approximate surface area is 165 Å². The highest BCUT2D eigenvalue weighted by Crippen LogP contribution is 2.19. The Kier molecular flexibility index (Phi) is 7.55. The molecule has 0 aliphatic rings. The van der Waals surface area contributed by atoms with Crippen LogP contribution in [0.2, 0.25) is 0 Å². The molecule has 0 saturated carbocycles. The summed E-state index contributed by atoms with van der Waals surface area (Å²) in [7, 11) is 1.52. The van der Waals surface area contributed by atoms with Gasteiger partial charge in [-0.2, -0.15) is 0 Å². The molecule has 5 nitrogen and oxygen atoms in total. The van der Waals surface area contributed by atoms with E-state index in [-0.39, 0.29) is 30.8 Å². The maximum Gasteiger partial charge on any atom is 0.261 e. The van der Waals surface area contributed by atoms with Crippen molar-refractivity contribution < 1.29 is 18.7 Å². The molecule has 28 heavy (non-hydrogen) atoms. The smallest absolute Gasteiger partial charge is 0.261 e. The van der Waals surface area contributed by atoms with Crippen molar-refractivity contribution in [2.24, 2.45) is 0 Å². The summed E-state index contributed by atoms with van der Waals surface area (Å²) in [6.07, 6.45) is 0. The fraction of sp³-hybridized carbons (Fsp3) is 0.364. The molecule has 0 aliphatic carbocycles. The van der Waals surface area contributed by atoms with Gasteiger partial charge in [-0.1, -0.05) is 38.1 Å². The Hall–Kier alpha value is -2.89. The highest BCUT2D eigenvalue weighted by Gasteiger charge is 2.25. The number of carbonyl (C=O) groups is 2. The number of nitrogens with zero attached hydrogens (tertiary/aromatic N) is 1. The Morgan fingerprint density at radius 1 is 1.04 bits per heavy atom. The maximum absolute atomic E-state index is 13.1. The number of likely N-dealkylation sites (N-methyl/N-ethyl adjacent to an activating group) is 1. The summed E-state index contributed by atoms with van der Waals surface area (Å²) >= 11 is 0. The fourth-order valence-electron chi connectivity index (χ4n) is 2.75. The van der Waals surface area contributed by atoms with E-state index in [0.29, 0.717) is 11.7 Å². The molecule has 0 unspecified atom stereocenters.